The lowest BCUT2D eigenvalue weighted by Crippen LogP contribution is -1.98. The van der Waals surface area contributed by atoms with Gasteiger partial charge in [0.2, 0.25) is 11.7 Å². The fraction of sp³-hybridized carbons (Fsp3) is 0.0667. The first-order valence-electron chi connectivity index (χ1n) is 6.01. The number of hydrogen-bond donors (Lipinski definition) is 1. The van der Waals surface area contributed by atoms with Crippen LogP contribution >= 0.6 is 0 Å². The molecule has 2 heterocycles. The zero-order chi connectivity index (χ0) is 14.1. The third-order valence-electron chi connectivity index (χ3n) is 2.81. The van der Waals surface area contributed by atoms with Gasteiger partial charge in [-0.1, -0.05) is 18.2 Å². The zero-order valence-corrected chi connectivity index (χ0v) is 10.7. The van der Waals surface area contributed by atoms with Gasteiger partial charge in [0.25, 0.3) is 0 Å². The predicted octanol–water partition coefficient (Wildman–Crippen LogP) is 3.61. The second-order valence-electron chi connectivity index (χ2n) is 4.28. The van der Waals surface area contributed by atoms with Crippen molar-refractivity contribution in [3.05, 3.63) is 53.9 Å². The van der Waals surface area contributed by atoms with Gasteiger partial charge in [-0.3, -0.25) is 0 Å². The maximum absolute atomic E-state index is 11.3. The van der Waals surface area contributed by atoms with Crippen LogP contribution < -0.4 is 0 Å². The second-order valence-corrected chi connectivity index (χ2v) is 4.28. The van der Waals surface area contributed by atoms with E-state index in [1.54, 1.807) is 31.2 Å². The van der Waals surface area contributed by atoms with E-state index in [1.807, 2.05) is 18.2 Å². The molecule has 0 radical (unpaired) electrons. The van der Waals surface area contributed by atoms with Crippen LogP contribution in [0.4, 0.5) is 0 Å². The lowest BCUT2D eigenvalue weighted by Gasteiger charge is -1.93. The Morgan fingerprint density at radius 2 is 1.85 bits per heavy atom. The number of aromatic nitrogens is 1. The fourth-order valence-corrected chi connectivity index (χ4v) is 1.89. The molecule has 0 fully saturated rings. The lowest BCUT2D eigenvalue weighted by atomic mass is 10.2. The van der Waals surface area contributed by atoms with Crippen molar-refractivity contribution in [3.63, 3.8) is 0 Å². The van der Waals surface area contributed by atoms with E-state index < -0.39 is 5.97 Å². The van der Waals surface area contributed by atoms with E-state index in [0.717, 1.165) is 0 Å². The van der Waals surface area contributed by atoms with Gasteiger partial charge in [-0.2, -0.15) is 0 Å². The first-order chi connectivity index (χ1) is 9.65. The standard InChI is InChI=1S/C15H11NO4/c1-9-7-8-11(19-9)13-12(15(17)18)16-14(20-13)10-5-3-2-4-6-10/h2-8H,1H3,(H,17,18). The van der Waals surface area contributed by atoms with Gasteiger partial charge in [-0.15, -0.1) is 0 Å². The summed E-state index contributed by atoms with van der Waals surface area (Å²) in [6.07, 6.45) is 0. The summed E-state index contributed by atoms with van der Waals surface area (Å²) in [5, 5.41) is 9.23. The van der Waals surface area contributed by atoms with Crippen LogP contribution in [-0.2, 0) is 0 Å². The first kappa shape index (κ1) is 12.2. The van der Waals surface area contributed by atoms with Crippen LogP contribution in [0, 0.1) is 6.92 Å². The Morgan fingerprint density at radius 3 is 2.45 bits per heavy atom. The van der Waals surface area contributed by atoms with Gasteiger partial charge in [0, 0.05) is 5.56 Å². The molecular weight excluding hydrogens is 258 g/mol. The molecule has 5 heteroatoms. The van der Waals surface area contributed by atoms with Gasteiger partial charge < -0.3 is 13.9 Å². The minimum absolute atomic E-state index is 0.129. The van der Waals surface area contributed by atoms with Gasteiger partial charge in [-0.05, 0) is 31.2 Å². The number of carboxylic acid groups (broad SMARTS) is 1. The molecule has 3 aromatic rings. The van der Waals surface area contributed by atoms with E-state index >= 15 is 0 Å². The summed E-state index contributed by atoms with van der Waals surface area (Å²) < 4.78 is 11.0. The molecule has 20 heavy (non-hydrogen) atoms. The summed E-state index contributed by atoms with van der Waals surface area (Å²) in [6, 6.07) is 12.5. The van der Waals surface area contributed by atoms with Crippen molar-refractivity contribution in [1.82, 2.24) is 4.98 Å². The molecule has 0 saturated heterocycles. The monoisotopic (exact) mass is 269 g/mol. The Bertz CT molecular complexity index is 755. The molecule has 0 bridgehead atoms. The Kier molecular flexibility index (Phi) is 2.87. The SMILES string of the molecule is Cc1ccc(-c2oc(-c3ccccc3)nc2C(=O)O)o1. The van der Waals surface area contributed by atoms with E-state index in [9.17, 15) is 9.90 Å². The fourth-order valence-electron chi connectivity index (χ4n) is 1.89. The smallest absolute Gasteiger partial charge is 0.358 e. The molecule has 3 rings (SSSR count). The van der Waals surface area contributed by atoms with Crippen molar-refractivity contribution < 1.29 is 18.7 Å². The van der Waals surface area contributed by atoms with Crippen molar-refractivity contribution >= 4 is 5.97 Å². The van der Waals surface area contributed by atoms with Gasteiger partial charge in [-0.25, -0.2) is 9.78 Å². The molecule has 1 N–H and O–H groups in total. The van der Waals surface area contributed by atoms with Crippen molar-refractivity contribution in [1.29, 1.82) is 0 Å². The maximum Gasteiger partial charge on any atom is 0.358 e. The molecule has 5 nitrogen and oxygen atoms in total. The molecule has 0 saturated carbocycles. The number of carbonyl (C=O) groups is 1. The number of carboxylic acids is 1. The third-order valence-corrected chi connectivity index (χ3v) is 2.81. The van der Waals surface area contributed by atoms with Gasteiger partial charge in [0.1, 0.15) is 5.76 Å². The highest BCUT2D eigenvalue weighted by molar-refractivity contribution is 5.92. The van der Waals surface area contributed by atoms with Crippen LogP contribution in [0.2, 0.25) is 0 Å². The van der Waals surface area contributed by atoms with Crippen molar-refractivity contribution in [2.24, 2.45) is 0 Å². The summed E-state index contributed by atoms with van der Waals surface area (Å²) in [4.78, 5) is 15.3. The number of benzene rings is 1. The van der Waals surface area contributed by atoms with E-state index in [4.69, 9.17) is 8.83 Å². The minimum Gasteiger partial charge on any atom is -0.476 e. The lowest BCUT2D eigenvalue weighted by molar-refractivity contribution is 0.0691. The summed E-state index contributed by atoms with van der Waals surface area (Å²) >= 11 is 0. The van der Waals surface area contributed by atoms with Crippen LogP contribution in [0.5, 0.6) is 0 Å². The molecule has 0 spiro atoms. The Balaban J connectivity index is 2.15. The van der Waals surface area contributed by atoms with Gasteiger partial charge in [0.05, 0.1) is 0 Å². The molecule has 0 amide bonds. The largest absolute Gasteiger partial charge is 0.476 e. The predicted molar refractivity (Wildman–Crippen MR) is 71.3 cm³/mol. The Labute approximate surface area is 114 Å². The number of aromatic carboxylic acids is 1. The molecule has 2 aromatic heterocycles. The molecule has 0 aliphatic heterocycles. The van der Waals surface area contributed by atoms with Crippen LogP contribution in [0.25, 0.3) is 23.0 Å². The van der Waals surface area contributed by atoms with Crippen molar-refractivity contribution in [2.75, 3.05) is 0 Å². The number of hydrogen-bond acceptors (Lipinski definition) is 4. The second kappa shape index (κ2) is 4.70. The molecular formula is C15H11NO4. The molecule has 100 valence electrons. The van der Waals surface area contributed by atoms with E-state index in [1.165, 1.54) is 0 Å². The molecule has 1 aromatic carbocycles. The maximum atomic E-state index is 11.3. The summed E-state index contributed by atoms with van der Waals surface area (Å²) in [6.45, 7) is 1.78. The number of furan rings is 1. The highest BCUT2D eigenvalue weighted by Crippen LogP contribution is 2.30. The quantitative estimate of drug-likeness (QED) is 0.786. The first-order valence-corrected chi connectivity index (χ1v) is 6.01. The average Bonchev–Trinajstić information content (AvgIpc) is 3.05. The highest BCUT2D eigenvalue weighted by Gasteiger charge is 2.23. The average molecular weight is 269 g/mol. The van der Waals surface area contributed by atoms with Crippen molar-refractivity contribution in [2.45, 2.75) is 6.92 Å². The molecule has 0 atom stereocenters. The van der Waals surface area contributed by atoms with Gasteiger partial charge >= 0.3 is 5.97 Å². The molecule has 0 aliphatic carbocycles. The van der Waals surface area contributed by atoms with Crippen LogP contribution in [0.3, 0.4) is 0 Å². The van der Waals surface area contributed by atoms with Crippen molar-refractivity contribution in [3.8, 4) is 23.0 Å². The van der Waals surface area contributed by atoms with Crippen LogP contribution in [-0.4, -0.2) is 16.1 Å². The topological polar surface area (TPSA) is 76.5 Å². The number of oxazole rings is 1. The van der Waals surface area contributed by atoms with Crippen LogP contribution in [0.1, 0.15) is 16.2 Å². The highest BCUT2D eigenvalue weighted by atomic mass is 16.4. The number of nitrogens with zero attached hydrogens (tertiary/aromatic N) is 1. The zero-order valence-electron chi connectivity index (χ0n) is 10.7. The Morgan fingerprint density at radius 1 is 1.10 bits per heavy atom. The molecule has 0 aliphatic rings. The summed E-state index contributed by atoms with van der Waals surface area (Å²) in [5.41, 5.74) is 0.558. The summed E-state index contributed by atoms with van der Waals surface area (Å²) in [5.74, 6) is 0.264. The van der Waals surface area contributed by atoms with Crippen LogP contribution in [0.15, 0.2) is 51.3 Å². The van der Waals surface area contributed by atoms with Gasteiger partial charge in [0.15, 0.2) is 11.5 Å². The number of rotatable bonds is 3. The molecule has 0 unspecified atom stereocenters. The third kappa shape index (κ3) is 2.09. The number of aryl methyl sites for hydroxylation is 1. The summed E-state index contributed by atoms with van der Waals surface area (Å²) in [7, 11) is 0. The normalized spacial score (nSPS) is 10.7. The Hall–Kier alpha value is -2.82. The van der Waals surface area contributed by atoms with E-state index in [0.29, 0.717) is 17.1 Å². The minimum atomic E-state index is -1.15. The van der Waals surface area contributed by atoms with E-state index in [-0.39, 0.29) is 17.3 Å². The van der Waals surface area contributed by atoms with E-state index in [2.05, 4.69) is 4.98 Å².